The highest BCUT2D eigenvalue weighted by Gasteiger charge is 2.29. The van der Waals surface area contributed by atoms with Crippen LogP contribution in [0.4, 0.5) is 11.4 Å². The number of aliphatic hydroxyl groups is 1. The molecule has 7 nitrogen and oxygen atoms in total. The van der Waals surface area contributed by atoms with E-state index in [0.29, 0.717) is 25.2 Å². The molecule has 114 valence electrons. The lowest BCUT2D eigenvalue weighted by molar-refractivity contribution is -0.384. The summed E-state index contributed by atoms with van der Waals surface area (Å²) in [5.41, 5.74) is 0.616. The number of nitro groups is 1. The van der Waals surface area contributed by atoms with E-state index in [4.69, 9.17) is 0 Å². The second-order valence-electron chi connectivity index (χ2n) is 5.23. The van der Waals surface area contributed by atoms with Crippen LogP contribution >= 0.6 is 0 Å². The molecule has 2 atom stereocenters. The first-order chi connectivity index (χ1) is 9.93. The second kappa shape index (κ2) is 6.09. The highest BCUT2D eigenvalue weighted by molar-refractivity contribution is 5.91. The van der Waals surface area contributed by atoms with Crippen molar-refractivity contribution < 1.29 is 19.6 Å². The van der Waals surface area contributed by atoms with E-state index >= 15 is 0 Å². The Morgan fingerprint density at radius 2 is 2.24 bits per heavy atom. The van der Waals surface area contributed by atoms with Crippen molar-refractivity contribution in [3.05, 3.63) is 33.9 Å². The smallest absolute Gasteiger partial charge is 0.337 e. The maximum absolute atomic E-state index is 11.6. The topological polar surface area (TPSA) is 92.9 Å². The minimum absolute atomic E-state index is 0.0140. The average Bonchev–Trinajstić information content (AvgIpc) is 2.48. The fourth-order valence-corrected chi connectivity index (χ4v) is 2.53. The molecule has 0 amide bonds. The van der Waals surface area contributed by atoms with Crippen molar-refractivity contribution in [1.82, 2.24) is 0 Å². The molecular weight excluding hydrogens is 276 g/mol. The highest BCUT2D eigenvalue weighted by atomic mass is 16.6. The van der Waals surface area contributed by atoms with Crippen molar-refractivity contribution in [2.45, 2.75) is 19.4 Å². The van der Waals surface area contributed by atoms with Crippen molar-refractivity contribution >= 4 is 17.3 Å². The quantitative estimate of drug-likeness (QED) is 0.517. The predicted octanol–water partition coefficient (Wildman–Crippen LogP) is 1.59. The van der Waals surface area contributed by atoms with Crippen LogP contribution in [0.1, 0.15) is 23.7 Å². The van der Waals surface area contributed by atoms with Crippen LogP contribution in [-0.4, -0.2) is 42.3 Å². The summed E-state index contributed by atoms with van der Waals surface area (Å²) in [7, 11) is 1.27. The van der Waals surface area contributed by atoms with Crippen LogP contribution in [0.25, 0.3) is 0 Å². The van der Waals surface area contributed by atoms with Crippen LogP contribution in [0, 0.1) is 16.0 Å². The van der Waals surface area contributed by atoms with E-state index < -0.39 is 17.0 Å². The van der Waals surface area contributed by atoms with E-state index in [9.17, 15) is 20.0 Å². The van der Waals surface area contributed by atoms with Gasteiger partial charge < -0.3 is 14.7 Å². The van der Waals surface area contributed by atoms with Gasteiger partial charge in [-0.1, -0.05) is 6.92 Å². The minimum Gasteiger partial charge on any atom is -0.465 e. The zero-order chi connectivity index (χ0) is 15.6. The van der Waals surface area contributed by atoms with Gasteiger partial charge in [-0.3, -0.25) is 10.1 Å². The SMILES string of the molecule is COC(=O)c1ccc([N+](=O)[O-])c(N2CCC(O)C(C)C2)c1. The van der Waals surface area contributed by atoms with Gasteiger partial charge in [0.2, 0.25) is 0 Å². The van der Waals surface area contributed by atoms with Gasteiger partial charge in [-0.25, -0.2) is 4.79 Å². The van der Waals surface area contributed by atoms with E-state index in [1.807, 2.05) is 11.8 Å². The zero-order valence-electron chi connectivity index (χ0n) is 12.0. The van der Waals surface area contributed by atoms with Crippen LogP contribution in [0.2, 0.25) is 0 Å². The number of nitrogens with zero attached hydrogens (tertiary/aromatic N) is 2. The van der Waals surface area contributed by atoms with E-state index in [1.54, 1.807) is 0 Å². The molecule has 0 saturated carbocycles. The third kappa shape index (κ3) is 3.13. The Kier molecular flexibility index (Phi) is 4.42. The summed E-state index contributed by atoms with van der Waals surface area (Å²) in [5.74, 6) is -0.517. The monoisotopic (exact) mass is 294 g/mol. The molecule has 0 aromatic heterocycles. The van der Waals surface area contributed by atoms with Crippen molar-refractivity contribution in [3.8, 4) is 0 Å². The number of piperidine rings is 1. The number of aliphatic hydroxyl groups excluding tert-OH is 1. The second-order valence-corrected chi connectivity index (χ2v) is 5.23. The maximum Gasteiger partial charge on any atom is 0.337 e. The molecule has 2 unspecified atom stereocenters. The summed E-state index contributed by atoms with van der Waals surface area (Å²) in [6.45, 7) is 2.91. The summed E-state index contributed by atoms with van der Waals surface area (Å²) in [4.78, 5) is 24.1. The van der Waals surface area contributed by atoms with Crippen LogP contribution in [0.3, 0.4) is 0 Å². The van der Waals surface area contributed by atoms with Crippen molar-refractivity contribution in [3.63, 3.8) is 0 Å². The number of esters is 1. The van der Waals surface area contributed by atoms with Gasteiger partial charge in [-0.05, 0) is 24.5 Å². The molecule has 0 aliphatic carbocycles. The number of benzene rings is 1. The van der Waals surface area contributed by atoms with Gasteiger partial charge >= 0.3 is 5.97 Å². The Labute approximate surface area is 122 Å². The van der Waals surface area contributed by atoms with Gasteiger partial charge in [0.05, 0.1) is 23.7 Å². The molecule has 1 aliphatic rings. The Hall–Kier alpha value is -2.15. The number of hydrogen-bond acceptors (Lipinski definition) is 6. The number of carbonyl (C=O) groups is 1. The Morgan fingerprint density at radius 3 is 2.81 bits per heavy atom. The molecule has 0 radical (unpaired) electrons. The predicted molar refractivity (Wildman–Crippen MR) is 76.4 cm³/mol. The fourth-order valence-electron chi connectivity index (χ4n) is 2.53. The van der Waals surface area contributed by atoms with Crippen LogP contribution < -0.4 is 4.90 Å². The third-order valence-electron chi connectivity index (χ3n) is 3.79. The molecule has 1 aromatic rings. The molecule has 21 heavy (non-hydrogen) atoms. The summed E-state index contributed by atoms with van der Waals surface area (Å²) >= 11 is 0. The first kappa shape index (κ1) is 15.2. The number of nitro benzene ring substituents is 1. The van der Waals surface area contributed by atoms with Gasteiger partial charge in [0.25, 0.3) is 5.69 Å². The van der Waals surface area contributed by atoms with Crippen LogP contribution in [0.5, 0.6) is 0 Å². The van der Waals surface area contributed by atoms with Gasteiger partial charge in [-0.2, -0.15) is 0 Å². The van der Waals surface area contributed by atoms with Gasteiger partial charge in [0.15, 0.2) is 0 Å². The largest absolute Gasteiger partial charge is 0.465 e. The molecular formula is C14H18N2O5. The molecule has 7 heteroatoms. The zero-order valence-corrected chi connectivity index (χ0v) is 12.0. The number of anilines is 1. The summed E-state index contributed by atoms with van der Waals surface area (Å²) in [6.07, 6.45) is 0.143. The van der Waals surface area contributed by atoms with Crippen molar-refractivity contribution in [2.24, 2.45) is 5.92 Å². The number of hydrogen-bond donors (Lipinski definition) is 1. The molecule has 1 aromatic carbocycles. The van der Waals surface area contributed by atoms with Crippen LogP contribution in [0.15, 0.2) is 18.2 Å². The lowest BCUT2D eigenvalue weighted by atomic mass is 9.96. The summed E-state index contributed by atoms with van der Waals surface area (Å²) in [5, 5.41) is 20.9. The lowest BCUT2D eigenvalue weighted by Crippen LogP contribution is -2.42. The lowest BCUT2D eigenvalue weighted by Gasteiger charge is -2.35. The van der Waals surface area contributed by atoms with Gasteiger partial charge in [0, 0.05) is 19.2 Å². The Bertz CT molecular complexity index is 560. The molecule has 1 fully saturated rings. The molecule has 2 rings (SSSR count). The van der Waals surface area contributed by atoms with Gasteiger partial charge in [-0.15, -0.1) is 0 Å². The fraction of sp³-hybridized carbons (Fsp3) is 0.500. The molecule has 1 aliphatic heterocycles. The van der Waals surface area contributed by atoms with E-state index in [2.05, 4.69) is 4.74 Å². The molecule has 1 N–H and O–H groups in total. The first-order valence-corrected chi connectivity index (χ1v) is 6.73. The van der Waals surface area contributed by atoms with Crippen molar-refractivity contribution in [1.29, 1.82) is 0 Å². The van der Waals surface area contributed by atoms with Crippen LogP contribution in [-0.2, 0) is 4.74 Å². The van der Waals surface area contributed by atoms with E-state index in [-0.39, 0.29) is 17.2 Å². The Morgan fingerprint density at radius 1 is 1.52 bits per heavy atom. The number of rotatable bonds is 3. The number of ether oxygens (including phenoxy) is 1. The standard InChI is InChI=1S/C14H18N2O5/c1-9-8-15(6-5-13(9)17)12-7-10(14(18)21-2)3-4-11(12)16(19)20/h3-4,7,9,13,17H,5-6,8H2,1-2H3. The van der Waals surface area contributed by atoms with E-state index in [1.165, 1.54) is 25.3 Å². The molecule has 0 spiro atoms. The number of carbonyl (C=O) groups excluding carboxylic acids is 1. The van der Waals surface area contributed by atoms with Crippen molar-refractivity contribution in [2.75, 3.05) is 25.1 Å². The average molecular weight is 294 g/mol. The maximum atomic E-state index is 11.6. The summed E-state index contributed by atoms with van der Waals surface area (Å²) < 4.78 is 4.65. The summed E-state index contributed by atoms with van der Waals surface area (Å²) in [6, 6.07) is 4.18. The Balaban J connectivity index is 2.39. The first-order valence-electron chi connectivity index (χ1n) is 6.73. The third-order valence-corrected chi connectivity index (χ3v) is 3.79. The molecule has 1 saturated heterocycles. The van der Waals surface area contributed by atoms with Gasteiger partial charge in [0.1, 0.15) is 5.69 Å². The van der Waals surface area contributed by atoms with E-state index in [0.717, 1.165) is 0 Å². The molecule has 0 bridgehead atoms. The minimum atomic E-state index is -0.531. The highest BCUT2D eigenvalue weighted by Crippen LogP contribution is 2.32. The molecule has 1 heterocycles. The normalized spacial score (nSPS) is 22.0. The number of methoxy groups -OCH3 is 1.